The SMILES string of the molecule is CC(C)SSC(=O)c1ccccc1. The molecule has 0 radical (unpaired) electrons. The summed E-state index contributed by atoms with van der Waals surface area (Å²) in [4.78, 5) is 11.5. The van der Waals surface area contributed by atoms with Gasteiger partial charge in [-0.3, -0.25) is 4.79 Å². The highest BCUT2D eigenvalue weighted by molar-refractivity contribution is 8.82. The van der Waals surface area contributed by atoms with Crippen molar-refractivity contribution in [2.75, 3.05) is 0 Å². The van der Waals surface area contributed by atoms with Crippen molar-refractivity contribution in [3.63, 3.8) is 0 Å². The lowest BCUT2D eigenvalue weighted by Crippen LogP contribution is -1.92. The Kier molecular flexibility index (Phi) is 4.39. The summed E-state index contributed by atoms with van der Waals surface area (Å²) in [6.45, 7) is 4.16. The first-order valence-corrected chi connectivity index (χ1v) is 6.34. The van der Waals surface area contributed by atoms with E-state index in [-0.39, 0.29) is 5.12 Å². The fourth-order valence-corrected chi connectivity index (χ4v) is 2.40. The van der Waals surface area contributed by atoms with Crippen molar-refractivity contribution in [1.29, 1.82) is 0 Å². The zero-order valence-corrected chi connectivity index (χ0v) is 9.32. The first-order chi connectivity index (χ1) is 6.20. The standard InChI is InChI=1S/C10H12OS2/c1-8(2)12-13-10(11)9-6-4-3-5-7-9/h3-8H,1-2H3. The number of hydrogen-bond acceptors (Lipinski definition) is 3. The minimum absolute atomic E-state index is 0.138. The van der Waals surface area contributed by atoms with Crippen LogP contribution in [0.5, 0.6) is 0 Å². The van der Waals surface area contributed by atoms with Gasteiger partial charge in [0.05, 0.1) is 0 Å². The van der Waals surface area contributed by atoms with Crippen molar-refractivity contribution in [2.24, 2.45) is 0 Å². The van der Waals surface area contributed by atoms with E-state index in [1.54, 1.807) is 10.8 Å². The number of carbonyl (C=O) groups is 1. The molecule has 0 fully saturated rings. The van der Waals surface area contributed by atoms with E-state index in [1.807, 2.05) is 30.3 Å². The second-order valence-corrected chi connectivity index (χ2v) is 5.63. The van der Waals surface area contributed by atoms with E-state index in [1.165, 1.54) is 10.8 Å². The molecule has 0 aliphatic rings. The smallest absolute Gasteiger partial charge is 0.229 e. The van der Waals surface area contributed by atoms with Crippen LogP contribution < -0.4 is 0 Å². The molecule has 0 heterocycles. The summed E-state index contributed by atoms with van der Waals surface area (Å²) in [6.07, 6.45) is 0. The normalized spacial score (nSPS) is 10.4. The van der Waals surface area contributed by atoms with Crippen LogP contribution in [-0.2, 0) is 0 Å². The first kappa shape index (κ1) is 10.7. The zero-order valence-electron chi connectivity index (χ0n) is 7.69. The van der Waals surface area contributed by atoms with Gasteiger partial charge >= 0.3 is 0 Å². The van der Waals surface area contributed by atoms with E-state index in [0.717, 1.165) is 5.56 Å². The van der Waals surface area contributed by atoms with E-state index in [2.05, 4.69) is 13.8 Å². The molecule has 1 aromatic rings. The molecule has 0 bridgehead atoms. The topological polar surface area (TPSA) is 17.1 Å². The van der Waals surface area contributed by atoms with Gasteiger partial charge in [-0.1, -0.05) is 55.0 Å². The molecule has 0 N–H and O–H groups in total. The van der Waals surface area contributed by atoms with Crippen LogP contribution in [0.1, 0.15) is 24.2 Å². The fraction of sp³-hybridized carbons (Fsp3) is 0.300. The second-order valence-electron chi connectivity index (χ2n) is 2.88. The van der Waals surface area contributed by atoms with Gasteiger partial charge < -0.3 is 0 Å². The lowest BCUT2D eigenvalue weighted by molar-refractivity contribution is 0.109. The zero-order chi connectivity index (χ0) is 9.68. The second kappa shape index (κ2) is 5.35. The predicted octanol–water partition coefficient (Wildman–Crippen LogP) is 3.62. The van der Waals surface area contributed by atoms with Gasteiger partial charge in [0.1, 0.15) is 0 Å². The fourth-order valence-electron chi connectivity index (χ4n) is 0.762. The lowest BCUT2D eigenvalue weighted by atomic mass is 10.2. The molecule has 0 saturated heterocycles. The first-order valence-electron chi connectivity index (χ1n) is 4.13. The summed E-state index contributed by atoms with van der Waals surface area (Å²) in [5, 5.41) is 0.622. The Bertz CT molecular complexity index is 270. The van der Waals surface area contributed by atoms with Crippen LogP contribution in [0.2, 0.25) is 0 Å². The minimum Gasteiger partial charge on any atom is -0.281 e. The monoisotopic (exact) mass is 212 g/mol. The van der Waals surface area contributed by atoms with Crippen LogP contribution in [0.4, 0.5) is 0 Å². The Morgan fingerprint density at radius 1 is 1.23 bits per heavy atom. The summed E-state index contributed by atoms with van der Waals surface area (Å²) in [7, 11) is 2.92. The Morgan fingerprint density at radius 2 is 1.85 bits per heavy atom. The predicted molar refractivity (Wildman–Crippen MR) is 61.1 cm³/mol. The summed E-state index contributed by atoms with van der Waals surface area (Å²) < 4.78 is 0. The Morgan fingerprint density at radius 3 is 2.38 bits per heavy atom. The Labute approximate surface area is 86.7 Å². The van der Waals surface area contributed by atoms with Crippen molar-refractivity contribution >= 4 is 26.7 Å². The molecule has 3 heteroatoms. The van der Waals surface area contributed by atoms with E-state index in [9.17, 15) is 4.79 Å². The number of benzene rings is 1. The van der Waals surface area contributed by atoms with Gasteiger partial charge in [-0.15, -0.1) is 0 Å². The van der Waals surface area contributed by atoms with Crippen molar-refractivity contribution in [3.8, 4) is 0 Å². The quantitative estimate of drug-likeness (QED) is 0.712. The Hall–Kier alpha value is -0.410. The van der Waals surface area contributed by atoms with Crippen LogP contribution in [-0.4, -0.2) is 10.4 Å². The number of hydrogen-bond donors (Lipinski definition) is 0. The van der Waals surface area contributed by atoms with Crippen LogP contribution in [0.3, 0.4) is 0 Å². The number of rotatable bonds is 3. The van der Waals surface area contributed by atoms with E-state index in [4.69, 9.17) is 0 Å². The van der Waals surface area contributed by atoms with E-state index >= 15 is 0 Å². The van der Waals surface area contributed by atoms with Gasteiger partial charge in [-0.25, -0.2) is 0 Å². The number of carbonyl (C=O) groups excluding carboxylic acids is 1. The Balaban J connectivity index is 2.50. The van der Waals surface area contributed by atoms with Crippen LogP contribution >= 0.6 is 21.6 Å². The van der Waals surface area contributed by atoms with Crippen LogP contribution in [0.15, 0.2) is 30.3 Å². The third-order valence-corrected chi connectivity index (χ3v) is 4.09. The maximum Gasteiger partial charge on any atom is 0.229 e. The third kappa shape index (κ3) is 3.87. The molecule has 13 heavy (non-hydrogen) atoms. The van der Waals surface area contributed by atoms with Crippen molar-refractivity contribution in [1.82, 2.24) is 0 Å². The van der Waals surface area contributed by atoms with Crippen molar-refractivity contribution in [2.45, 2.75) is 19.1 Å². The largest absolute Gasteiger partial charge is 0.281 e. The van der Waals surface area contributed by atoms with Crippen molar-refractivity contribution in [3.05, 3.63) is 35.9 Å². The molecular formula is C10H12OS2. The van der Waals surface area contributed by atoms with Crippen LogP contribution in [0, 0.1) is 0 Å². The van der Waals surface area contributed by atoms with Gasteiger partial charge in [0, 0.05) is 10.8 Å². The summed E-state index contributed by atoms with van der Waals surface area (Å²) in [5.74, 6) is 0. The summed E-state index contributed by atoms with van der Waals surface area (Å²) >= 11 is 0. The highest BCUT2D eigenvalue weighted by Gasteiger charge is 2.06. The minimum atomic E-state index is 0.138. The third-order valence-electron chi connectivity index (χ3n) is 1.33. The summed E-state index contributed by atoms with van der Waals surface area (Å²) in [5.41, 5.74) is 0.778. The van der Waals surface area contributed by atoms with E-state index < -0.39 is 0 Å². The average Bonchev–Trinajstić information content (AvgIpc) is 2.15. The highest BCUT2D eigenvalue weighted by Crippen LogP contribution is 2.29. The van der Waals surface area contributed by atoms with Crippen molar-refractivity contribution < 1.29 is 4.79 Å². The molecular weight excluding hydrogens is 200 g/mol. The van der Waals surface area contributed by atoms with Gasteiger partial charge in [-0.05, 0) is 10.8 Å². The molecule has 0 aliphatic heterocycles. The highest BCUT2D eigenvalue weighted by atomic mass is 33.1. The molecule has 1 nitrogen and oxygen atoms in total. The molecule has 0 saturated carbocycles. The summed E-state index contributed by atoms with van der Waals surface area (Å²) in [6, 6.07) is 9.37. The molecule has 0 aromatic heterocycles. The van der Waals surface area contributed by atoms with Gasteiger partial charge in [0.2, 0.25) is 5.12 Å². The molecule has 0 amide bonds. The molecule has 0 atom stereocenters. The average molecular weight is 212 g/mol. The molecule has 1 rings (SSSR count). The van der Waals surface area contributed by atoms with Gasteiger partial charge in [0.25, 0.3) is 0 Å². The molecule has 0 aliphatic carbocycles. The van der Waals surface area contributed by atoms with E-state index in [0.29, 0.717) is 5.25 Å². The molecule has 1 aromatic carbocycles. The maximum atomic E-state index is 11.5. The lowest BCUT2D eigenvalue weighted by Gasteiger charge is -2.01. The maximum absolute atomic E-state index is 11.5. The van der Waals surface area contributed by atoms with Crippen LogP contribution in [0.25, 0.3) is 0 Å². The molecule has 70 valence electrons. The molecule has 0 spiro atoms. The van der Waals surface area contributed by atoms with Gasteiger partial charge in [-0.2, -0.15) is 0 Å². The molecule has 0 unspecified atom stereocenters. The van der Waals surface area contributed by atoms with Gasteiger partial charge in [0.15, 0.2) is 0 Å².